The van der Waals surface area contributed by atoms with Crippen molar-refractivity contribution < 1.29 is 0 Å². The van der Waals surface area contributed by atoms with Gasteiger partial charge in [0.1, 0.15) is 0 Å². The number of nitriles is 3. The second kappa shape index (κ2) is 11.4. The topological polar surface area (TPSA) is 81.2 Å². The molecule has 0 spiro atoms. The Labute approximate surface area is 287 Å². The molecule has 0 fully saturated rings. The lowest BCUT2D eigenvalue weighted by atomic mass is 9.95. The summed E-state index contributed by atoms with van der Waals surface area (Å²) in [6.07, 6.45) is 0. The largest absolute Gasteiger partial charge is 0.309 e. The molecule has 2 heterocycles. The van der Waals surface area contributed by atoms with E-state index in [9.17, 15) is 15.8 Å². The Balaban J connectivity index is 1.19. The maximum absolute atomic E-state index is 10.2. The molecule has 2 aromatic heterocycles. The monoisotopic (exact) mass is 635 g/mol. The number of rotatable bonds is 4. The van der Waals surface area contributed by atoms with Crippen LogP contribution in [0.2, 0.25) is 0 Å². The third kappa shape index (κ3) is 4.38. The third-order valence-electron chi connectivity index (χ3n) is 9.60. The van der Waals surface area contributed by atoms with Crippen molar-refractivity contribution in [3.63, 3.8) is 0 Å². The van der Waals surface area contributed by atoms with Gasteiger partial charge in [0.15, 0.2) is 0 Å². The van der Waals surface area contributed by atoms with E-state index >= 15 is 0 Å². The van der Waals surface area contributed by atoms with Gasteiger partial charge in [-0.25, -0.2) is 0 Å². The van der Waals surface area contributed by atoms with Gasteiger partial charge in [0.05, 0.1) is 62.7 Å². The highest BCUT2D eigenvalue weighted by Crippen LogP contribution is 2.39. The molecule has 50 heavy (non-hydrogen) atoms. The summed E-state index contributed by atoms with van der Waals surface area (Å²) < 4.78 is 4.45. The lowest BCUT2D eigenvalue weighted by Crippen LogP contribution is -1.97. The van der Waals surface area contributed by atoms with E-state index in [-0.39, 0.29) is 0 Å². The standard InChI is InChI=1S/C45H25N5/c46-26-29-16-21-43-39(24-29)45-32(28-48)8-7-15-44(45)49(43)35-19-17-31(18-20-35)33-22-30(27-47)23-34(25-33)36-9-1-4-12-40(36)50-41-13-5-2-10-37(41)38-11-3-6-14-42(38)50/h1-25H. The van der Waals surface area contributed by atoms with Gasteiger partial charge < -0.3 is 9.13 Å². The first kappa shape index (κ1) is 28.8. The maximum Gasteiger partial charge on any atom is 0.0998 e. The quantitative estimate of drug-likeness (QED) is 0.193. The van der Waals surface area contributed by atoms with E-state index in [1.54, 1.807) is 0 Å². The fourth-order valence-corrected chi connectivity index (χ4v) is 7.42. The van der Waals surface area contributed by atoms with Gasteiger partial charge in [-0.2, -0.15) is 15.8 Å². The van der Waals surface area contributed by atoms with Gasteiger partial charge in [0, 0.05) is 32.8 Å². The van der Waals surface area contributed by atoms with E-state index in [4.69, 9.17) is 0 Å². The van der Waals surface area contributed by atoms with Gasteiger partial charge in [-0.15, -0.1) is 0 Å². The van der Waals surface area contributed by atoms with Crippen LogP contribution in [0.4, 0.5) is 0 Å². The van der Waals surface area contributed by atoms with E-state index in [1.165, 1.54) is 10.8 Å². The van der Waals surface area contributed by atoms with Crippen LogP contribution >= 0.6 is 0 Å². The number of aromatic nitrogens is 2. The molecular formula is C45H25N5. The smallest absolute Gasteiger partial charge is 0.0998 e. The predicted molar refractivity (Wildman–Crippen MR) is 200 cm³/mol. The Hall–Kier alpha value is -7.39. The van der Waals surface area contributed by atoms with Crippen LogP contribution in [0.5, 0.6) is 0 Å². The van der Waals surface area contributed by atoms with Crippen LogP contribution in [-0.4, -0.2) is 9.13 Å². The van der Waals surface area contributed by atoms with E-state index < -0.39 is 0 Å². The minimum atomic E-state index is 0.549. The molecule has 5 heteroatoms. The Bertz CT molecular complexity index is 2900. The van der Waals surface area contributed by atoms with Crippen molar-refractivity contribution in [1.82, 2.24) is 9.13 Å². The van der Waals surface area contributed by atoms with Crippen LogP contribution in [0.3, 0.4) is 0 Å². The molecule has 7 aromatic carbocycles. The lowest BCUT2D eigenvalue weighted by Gasteiger charge is -2.15. The van der Waals surface area contributed by atoms with Crippen LogP contribution in [0, 0.1) is 34.0 Å². The first-order chi connectivity index (χ1) is 24.7. The van der Waals surface area contributed by atoms with Crippen molar-refractivity contribution in [2.24, 2.45) is 0 Å². The molecule has 9 aromatic rings. The molecule has 5 nitrogen and oxygen atoms in total. The van der Waals surface area contributed by atoms with Crippen LogP contribution in [0.25, 0.3) is 77.2 Å². The molecule has 0 aliphatic rings. The first-order valence-corrected chi connectivity index (χ1v) is 16.3. The first-order valence-electron chi connectivity index (χ1n) is 16.3. The highest BCUT2D eigenvalue weighted by molar-refractivity contribution is 6.12. The van der Waals surface area contributed by atoms with Crippen molar-refractivity contribution in [1.29, 1.82) is 15.8 Å². The van der Waals surface area contributed by atoms with Crippen molar-refractivity contribution in [2.45, 2.75) is 0 Å². The Morgan fingerprint density at radius 2 is 1.04 bits per heavy atom. The van der Waals surface area contributed by atoms with Crippen molar-refractivity contribution >= 4 is 43.6 Å². The average Bonchev–Trinajstić information content (AvgIpc) is 3.70. The molecule has 0 bridgehead atoms. The summed E-state index contributed by atoms with van der Waals surface area (Å²) in [4.78, 5) is 0. The number of nitrogens with zero attached hydrogens (tertiary/aromatic N) is 5. The summed E-state index contributed by atoms with van der Waals surface area (Å²) >= 11 is 0. The van der Waals surface area contributed by atoms with Crippen LogP contribution in [0.15, 0.2) is 152 Å². The van der Waals surface area contributed by atoms with E-state index in [0.29, 0.717) is 16.7 Å². The molecule has 0 saturated heterocycles. The molecule has 0 aliphatic carbocycles. The number of hydrogen-bond acceptors (Lipinski definition) is 3. The lowest BCUT2D eigenvalue weighted by molar-refractivity contribution is 1.18. The Kier molecular flexibility index (Phi) is 6.56. The minimum Gasteiger partial charge on any atom is -0.309 e. The number of benzene rings is 7. The second-order valence-corrected chi connectivity index (χ2v) is 12.3. The van der Waals surface area contributed by atoms with Crippen molar-refractivity contribution in [3.8, 4) is 51.8 Å². The molecule has 0 radical (unpaired) electrons. The zero-order chi connectivity index (χ0) is 33.8. The van der Waals surface area contributed by atoms with Crippen LogP contribution in [0.1, 0.15) is 16.7 Å². The summed E-state index contributed by atoms with van der Waals surface area (Å²) in [6, 6.07) is 57.9. The second-order valence-electron chi connectivity index (χ2n) is 12.3. The zero-order valence-corrected chi connectivity index (χ0v) is 26.7. The molecule has 9 rings (SSSR count). The average molecular weight is 636 g/mol. The molecule has 230 valence electrons. The number of para-hydroxylation sites is 3. The van der Waals surface area contributed by atoms with Gasteiger partial charge in [0.25, 0.3) is 0 Å². The van der Waals surface area contributed by atoms with Gasteiger partial charge in [-0.05, 0) is 95.6 Å². The van der Waals surface area contributed by atoms with E-state index in [1.807, 2.05) is 54.6 Å². The van der Waals surface area contributed by atoms with Gasteiger partial charge in [0.2, 0.25) is 0 Å². The van der Waals surface area contributed by atoms with Gasteiger partial charge in [-0.3, -0.25) is 0 Å². The summed E-state index contributed by atoms with van der Waals surface area (Å²) in [6.45, 7) is 0. The molecule has 0 aliphatic heterocycles. The van der Waals surface area contributed by atoms with E-state index in [2.05, 4.69) is 124 Å². The third-order valence-corrected chi connectivity index (χ3v) is 9.60. The summed E-state index contributed by atoms with van der Waals surface area (Å²) in [7, 11) is 0. The molecule has 0 saturated carbocycles. The van der Waals surface area contributed by atoms with Crippen LogP contribution in [-0.2, 0) is 0 Å². The Morgan fingerprint density at radius 3 is 1.76 bits per heavy atom. The molecular weight excluding hydrogens is 611 g/mol. The van der Waals surface area contributed by atoms with Crippen LogP contribution < -0.4 is 0 Å². The SMILES string of the molecule is N#Cc1cc(-c2ccc(-n3c4ccc(C#N)cc4c4c(C#N)cccc43)cc2)cc(-c2ccccc2-n2c3ccccc3c3ccccc32)c1. The number of fused-ring (bicyclic) bond motifs is 6. The molecule has 0 amide bonds. The fourth-order valence-electron chi connectivity index (χ4n) is 7.42. The minimum absolute atomic E-state index is 0.549. The van der Waals surface area contributed by atoms with E-state index in [0.717, 1.165) is 66.5 Å². The Morgan fingerprint density at radius 1 is 0.400 bits per heavy atom. The fraction of sp³-hybridized carbons (Fsp3) is 0. The van der Waals surface area contributed by atoms with Crippen molar-refractivity contribution in [2.75, 3.05) is 0 Å². The summed E-state index contributed by atoms with van der Waals surface area (Å²) in [5, 5.41) is 33.8. The summed E-state index contributed by atoms with van der Waals surface area (Å²) in [5.74, 6) is 0. The molecule has 0 unspecified atom stereocenters. The molecule has 0 N–H and O–H groups in total. The summed E-state index contributed by atoms with van der Waals surface area (Å²) in [5.41, 5.74) is 11.7. The predicted octanol–water partition coefficient (Wildman–Crippen LogP) is 10.8. The van der Waals surface area contributed by atoms with Crippen molar-refractivity contribution in [3.05, 3.63) is 168 Å². The zero-order valence-electron chi connectivity index (χ0n) is 26.7. The van der Waals surface area contributed by atoms with Gasteiger partial charge in [-0.1, -0.05) is 72.8 Å². The maximum atomic E-state index is 10.2. The molecule has 0 atom stereocenters. The highest BCUT2D eigenvalue weighted by Gasteiger charge is 2.18. The normalized spacial score (nSPS) is 11.1. The highest BCUT2D eigenvalue weighted by atomic mass is 15.0. The number of hydrogen-bond donors (Lipinski definition) is 0. The van der Waals surface area contributed by atoms with Gasteiger partial charge >= 0.3 is 0 Å².